The van der Waals surface area contributed by atoms with E-state index in [0.29, 0.717) is 6.54 Å². The van der Waals surface area contributed by atoms with Gasteiger partial charge in [-0.2, -0.15) is 5.10 Å². The Bertz CT molecular complexity index is 1030. The molecule has 0 bridgehead atoms. The Morgan fingerprint density at radius 3 is 2.52 bits per heavy atom. The monoisotopic (exact) mass is 446 g/mol. The summed E-state index contributed by atoms with van der Waals surface area (Å²) in [4.78, 5) is 7.01. The third-order valence-electron chi connectivity index (χ3n) is 6.22. The van der Waals surface area contributed by atoms with Gasteiger partial charge in [0.1, 0.15) is 5.75 Å². The van der Waals surface area contributed by atoms with Gasteiger partial charge in [-0.3, -0.25) is 14.6 Å². The molecule has 33 heavy (non-hydrogen) atoms. The van der Waals surface area contributed by atoms with Crippen LogP contribution in [0.2, 0.25) is 0 Å². The summed E-state index contributed by atoms with van der Waals surface area (Å²) in [6.45, 7) is 4.42. The molecular formula is C26H34N6O. The van der Waals surface area contributed by atoms with Crippen LogP contribution < -0.4 is 15.4 Å². The minimum absolute atomic E-state index is 0.231. The van der Waals surface area contributed by atoms with Crippen LogP contribution in [-0.4, -0.2) is 54.4 Å². The van der Waals surface area contributed by atoms with E-state index in [2.05, 4.69) is 62.0 Å². The van der Waals surface area contributed by atoms with Crippen molar-refractivity contribution < 1.29 is 4.74 Å². The molecule has 7 nitrogen and oxygen atoms in total. The van der Waals surface area contributed by atoms with E-state index in [1.807, 2.05) is 42.3 Å². The molecule has 0 spiro atoms. The molecular weight excluding hydrogens is 412 g/mol. The minimum Gasteiger partial charge on any atom is -0.496 e. The molecule has 1 aliphatic rings. The standard InChI is InChI=1S/C26H34N6O/c1-27-26(28-18-21-10-3-4-11-22(21)20-32-17-9-14-30-32)29-19-24(31-15-7-8-16-31)23-12-5-6-13-25(23)33-2/h3-6,9-14,17,24H,7-8,15-16,18-20H2,1-2H3,(H2,27,28,29). The van der Waals surface area contributed by atoms with Crippen molar-refractivity contribution in [3.63, 3.8) is 0 Å². The summed E-state index contributed by atoms with van der Waals surface area (Å²) in [7, 11) is 3.56. The van der Waals surface area contributed by atoms with Gasteiger partial charge in [-0.05, 0) is 49.2 Å². The molecule has 1 atom stereocenters. The zero-order valence-electron chi connectivity index (χ0n) is 19.6. The van der Waals surface area contributed by atoms with Crippen molar-refractivity contribution in [1.29, 1.82) is 0 Å². The van der Waals surface area contributed by atoms with Gasteiger partial charge in [0.15, 0.2) is 5.96 Å². The van der Waals surface area contributed by atoms with Crippen molar-refractivity contribution in [3.8, 4) is 5.75 Å². The van der Waals surface area contributed by atoms with Crippen molar-refractivity contribution in [2.75, 3.05) is 33.8 Å². The van der Waals surface area contributed by atoms with Crippen molar-refractivity contribution in [3.05, 3.63) is 83.7 Å². The molecule has 2 heterocycles. The quantitative estimate of drug-likeness (QED) is 0.389. The first-order valence-electron chi connectivity index (χ1n) is 11.6. The Balaban J connectivity index is 1.41. The van der Waals surface area contributed by atoms with Crippen LogP contribution in [0.1, 0.15) is 35.6 Å². The second-order valence-corrected chi connectivity index (χ2v) is 8.28. The lowest BCUT2D eigenvalue weighted by atomic mass is 10.0. The number of benzene rings is 2. The van der Waals surface area contributed by atoms with Crippen LogP contribution in [0.15, 0.2) is 72.0 Å². The van der Waals surface area contributed by atoms with Crippen LogP contribution >= 0.6 is 0 Å². The van der Waals surface area contributed by atoms with Gasteiger partial charge in [0.05, 0.1) is 19.7 Å². The summed E-state index contributed by atoms with van der Waals surface area (Å²) in [5.41, 5.74) is 3.69. The first kappa shape index (κ1) is 22.9. The number of aliphatic imine (C=N–C) groups is 1. The Morgan fingerprint density at radius 2 is 1.79 bits per heavy atom. The maximum Gasteiger partial charge on any atom is 0.191 e. The maximum atomic E-state index is 5.67. The number of guanidine groups is 1. The predicted octanol–water partition coefficient (Wildman–Crippen LogP) is 3.44. The number of aromatic nitrogens is 2. The van der Waals surface area contributed by atoms with Crippen molar-refractivity contribution in [2.24, 2.45) is 4.99 Å². The summed E-state index contributed by atoms with van der Waals surface area (Å²) in [5, 5.41) is 11.4. The molecule has 3 aromatic rings. The topological polar surface area (TPSA) is 66.7 Å². The molecule has 0 radical (unpaired) electrons. The first-order valence-corrected chi connectivity index (χ1v) is 11.6. The average Bonchev–Trinajstić information content (AvgIpc) is 3.57. The van der Waals surface area contributed by atoms with Gasteiger partial charge in [-0.1, -0.05) is 42.5 Å². The maximum absolute atomic E-state index is 5.67. The molecule has 0 aliphatic carbocycles. The molecule has 4 rings (SSSR count). The van der Waals surface area contributed by atoms with Crippen LogP contribution in [0.25, 0.3) is 0 Å². The molecule has 2 aromatic carbocycles. The number of methoxy groups -OCH3 is 1. The van der Waals surface area contributed by atoms with E-state index in [1.165, 1.54) is 29.5 Å². The number of likely N-dealkylation sites (tertiary alicyclic amines) is 1. The van der Waals surface area contributed by atoms with Gasteiger partial charge in [0.2, 0.25) is 0 Å². The zero-order chi connectivity index (χ0) is 22.9. The first-order chi connectivity index (χ1) is 16.3. The molecule has 1 unspecified atom stereocenters. The molecule has 7 heteroatoms. The summed E-state index contributed by atoms with van der Waals surface area (Å²) in [5.74, 6) is 1.73. The number of hydrogen-bond donors (Lipinski definition) is 2. The minimum atomic E-state index is 0.231. The fourth-order valence-electron chi connectivity index (χ4n) is 4.48. The third kappa shape index (κ3) is 5.93. The third-order valence-corrected chi connectivity index (χ3v) is 6.22. The summed E-state index contributed by atoms with van der Waals surface area (Å²) in [6, 6.07) is 19.0. The Labute approximate surface area is 196 Å². The van der Waals surface area contributed by atoms with Gasteiger partial charge in [-0.15, -0.1) is 0 Å². The Hall–Kier alpha value is -3.32. The van der Waals surface area contributed by atoms with Gasteiger partial charge in [-0.25, -0.2) is 0 Å². The van der Waals surface area contributed by atoms with Crippen molar-refractivity contribution >= 4 is 5.96 Å². The Kier molecular flexibility index (Phi) is 7.98. The molecule has 1 aromatic heterocycles. The highest BCUT2D eigenvalue weighted by Crippen LogP contribution is 2.31. The van der Waals surface area contributed by atoms with Crippen LogP contribution in [0.4, 0.5) is 0 Å². The van der Waals surface area contributed by atoms with E-state index in [9.17, 15) is 0 Å². The second kappa shape index (κ2) is 11.5. The van der Waals surface area contributed by atoms with Gasteiger partial charge >= 0.3 is 0 Å². The number of nitrogens with zero attached hydrogens (tertiary/aromatic N) is 4. The fraction of sp³-hybridized carbons (Fsp3) is 0.385. The van der Waals surface area contributed by atoms with Gasteiger partial charge in [0, 0.05) is 38.1 Å². The number of hydrogen-bond acceptors (Lipinski definition) is 4. The van der Waals surface area contributed by atoms with E-state index in [0.717, 1.165) is 37.9 Å². The highest BCUT2D eigenvalue weighted by molar-refractivity contribution is 5.79. The number of para-hydroxylation sites is 1. The number of ether oxygens (including phenoxy) is 1. The second-order valence-electron chi connectivity index (χ2n) is 8.28. The van der Waals surface area contributed by atoms with Crippen LogP contribution in [0, 0.1) is 0 Å². The number of rotatable bonds is 9. The summed E-state index contributed by atoms with van der Waals surface area (Å²) >= 11 is 0. The van der Waals surface area contributed by atoms with E-state index < -0.39 is 0 Å². The fourth-order valence-corrected chi connectivity index (χ4v) is 4.48. The summed E-state index contributed by atoms with van der Waals surface area (Å²) < 4.78 is 7.62. The number of nitrogens with one attached hydrogen (secondary N) is 2. The molecule has 2 N–H and O–H groups in total. The SMILES string of the molecule is CN=C(NCc1ccccc1Cn1cccn1)NCC(c1ccccc1OC)N1CCCC1. The average molecular weight is 447 g/mol. The smallest absolute Gasteiger partial charge is 0.191 e. The van der Waals surface area contributed by atoms with Crippen molar-refractivity contribution in [2.45, 2.75) is 32.0 Å². The molecule has 0 amide bonds. The molecule has 0 saturated carbocycles. The van der Waals surface area contributed by atoms with Crippen LogP contribution in [0.5, 0.6) is 5.75 Å². The van der Waals surface area contributed by atoms with Crippen molar-refractivity contribution in [1.82, 2.24) is 25.3 Å². The zero-order valence-corrected chi connectivity index (χ0v) is 19.6. The summed E-state index contributed by atoms with van der Waals surface area (Å²) in [6.07, 6.45) is 6.28. The molecule has 1 saturated heterocycles. The van der Waals surface area contributed by atoms with Gasteiger partial charge < -0.3 is 15.4 Å². The lowest BCUT2D eigenvalue weighted by Crippen LogP contribution is -2.42. The highest BCUT2D eigenvalue weighted by Gasteiger charge is 2.26. The Morgan fingerprint density at radius 1 is 1.03 bits per heavy atom. The van der Waals surface area contributed by atoms with E-state index >= 15 is 0 Å². The van der Waals surface area contributed by atoms with E-state index in [-0.39, 0.29) is 6.04 Å². The van der Waals surface area contributed by atoms with E-state index in [4.69, 9.17) is 4.74 Å². The van der Waals surface area contributed by atoms with Crippen LogP contribution in [-0.2, 0) is 13.1 Å². The normalized spacial score (nSPS) is 15.4. The molecule has 174 valence electrons. The predicted molar refractivity (Wildman–Crippen MR) is 133 cm³/mol. The highest BCUT2D eigenvalue weighted by atomic mass is 16.5. The van der Waals surface area contributed by atoms with Gasteiger partial charge in [0.25, 0.3) is 0 Å². The molecule has 1 fully saturated rings. The van der Waals surface area contributed by atoms with Crippen LogP contribution in [0.3, 0.4) is 0 Å². The molecule has 1 aliphatic heterocycles. The lowest BCUT2D eigenvalue weighted by molar-refractivity contribution is 0.239. The van der Waals surface area contributed by atoms with E-state index in [1.54, 1.807) is 7.11 Å². The lowest BCUT2D eigenvalue weighted by Gasteiger charge is -2.30. The largest absolute Gasteiger partial charge is 0.496 e.